The van der Waals surface area contributed by atoms with Gasteiger partial charge in [0.25, 0.3) is 5.56 Å². The molecule has 3 rings (SSSR count). The van der Waals surface area contributed by atoms with Crippen molar-refractivity contribution in [1.82, 2.24) is 15.1 Å². The van der Waals surface area contributed by atoms with Crippen molar-refractivity contribution in [2.24, 2.45) is 0 Å². The Bertz CT molecular complexity index is 415. The number of piperidine rings is 1. The van der Waals surface area contributed by atoms with Crippen molar-refractivity contribution in [1.29, 1.82) is 0 Å². The minimum Gasteiger partial charge on any atom is -0.370 e. The molecular formula is C10H15N3O2. The van der Waals surface area contributed by atoms with Crippen molar-refractivity contribution in [3.63, 3.8) is 0 Å². The zero-order valence-corrected chi connectivity index (χ0v) is 8.58. The summed E-state index contributed by atoms with van der Waals surface area (Å²) >= 11 is 0. The van der Waals surface area contributed by atoms with Crippen LogP contribution in [0.1, 0.15) is 30.1 Å². The lowest BCUT2D eigenvalue weighted by Gasteiger charge is -2.23. The third-order valence-electron chi connectivity index (χ3n) is 3.26. The molecule has 0 amide bonds. The van der Waals surface area contributed by atoms with Crippen LogP contribution in [0.2, 0.25) is 0 Å². The van der Waals surface area contributed by atoms with Gasteiger partial charge in [-0.15, -0.1) is 0 Å². The van der Waals surface area contributed by atoms with Gasteiger partial charge >= 0.3 is 0 Å². The highest BCUT2D eigenvalue weighted by Gasteiger charge is 2.24. The predicted molar refractivity (Wildman–Crippen MR) is 54.7 cm³/mol. The van der Waals surface area contributed by atoms with Gasteiger partial charge in [-0.05, 0) is 25.9 Å². The molecular weight excluding hydrogens is 194 g/mol. The van der Waals surface area contributed by atoms with E-state index < -0.39 is 0 Å². The van der Waals surface area contributed by atoms with E-state index >= 15 is 0 Å². The Morgan fingerprint density at radius 2 is 2.07 bits per heavy atom. The SMILES string of the molecule is O=c1c2c([nH]n1C1CCNCC1)COC2. The summed E-state index contributed by atoms with van der Waals surface area (Å²) in [5.41, 5.74) is 1.92. The first-order valence-corrected chi connectivity index (χ1v) is 5.47. The Morgan fingerprint density at radius 1 is 1.27 bits per heavy atom. The summed E-state index contributed by atoms with van der Waals surface area (Å²) in [6.45, 7) is 3.03. The molecule has 0 atom stereocenters. The summed E-state index contributed by atoms with van der Waals surface area (Å²) in [6, 6.07) is 0.337. The summed E-state index contributed by atoms with van der Waals surface area (Å²) in [7, 11) is 0. The molecule has 1 aromatic rings. The normalized spacial score (nSPS) is 21.9. The lowest BCUT2D eigenvalue weighted by Crippen LogP contribution is -2.34. The fraction of sp³-hybridized carbons (Fsp3) is 0.700. The molecule has 0 unspecified atom stereocenters. The van der Waals surface area contributed by atoms with Crippen LogP contribution in [0.15, 0.2) is 4.79 Å². The van der Waals surface area contributed by atoms with Gasteiger partial charge in [0, 0.05) is 0 Å². The Morgan fingerprint density at radius 3 is 2.80 bits per heavy atom. The van der Waals surface area contributed by atoms with Crippen LogP contribution in [0.25, 0.3) is 0 Å². The van der Waals surface area contributed by atoms with Crippen LogP contribution in [0, 0.1) is 0 Å². The zero-order valence-electron chi connectivity index (χ0n) is 8.58. The summed E-state index contributed by atoms with van der Waals surface area (Å²) in [6.07, 6.45) is 2.06. The van der Waals surface area contributed by atoms with Gasteiger partial charge in [-0.2, -0.15) is 0 Å². The molecule has 0 aromatic carbocycles. The number of rotatable bonds is 1. The first-order chi connectivity index (χ1) is 7.36. The number of fused-ring (bicyclic) bond motifs is 1. The quantitative estimate of drug-likeness (QED) is 0.691. The Hall–Kier alpha value is -1.07. The van der Waals surface area contributed by atoms with E-state index in [1.807, 2.05) is 0 Å². The fourth-order valence-electron chi connectivity index (χ4n) is 2.38. The highest BCUT2D eigenvalue weighted by atomic mass is 16.5. The number of hydrogen-bond donors (Lipinski definition) is 2. The number of hydrogen-bond acceptors (Lipinski definition) is 3. The van der Waals surface area contributed by atoms with Crippen molar-refractivity contribution in [2.75, 3.05) is 13.1 Å². The maximum absolute atomic E-state index is 12.0. The molecule has 1 saturated heterocycles. The Balaban J connectivity index is 1.95. The van der Waals surface area contributed by atoms with E-state index in [4.69, 9.17) is 4.74 Å². The summed E-state index contributed by atoms with van der Waals surface area (Å²) in [5, 5.41) is 6.48. The predicted octanol–water partition coefficient (Wildman–Crippen LogP) is 0.131. The molecule has 82 valence electrons. The Kier molecular flexibility index (Phi) is 2.14. The van der Waals surface area contributed by atoms with Crippen LogP contribution in [0.3, 0.4) is 0 Å². The second-order valence-electron chi connectivity index (χ2n) is 4.22. The number of aromatic amines is 1. The number of H-pyrrole nitrogens is 1. The van der Waals surface area contributed by atoms with Gasteiger partial charge < -0.3 is 10.1 Å². The van der Waals surface area contributed by atoms with E-state index in [0.29, 0.717) is 19.3 Å². The van der Waals surface area contributed by atoms with Gasteiger partial charge in [0.15, 0.2) is 0 Å². The molecule has 1 fully saturated rings. The molecule has 2 aliphatic heterocycles. The van der Waals surface area contributed by atoms with Gasteiger partial charge in [0.2, 0.25) is 0 Å². The molecule has 0 bridgehead atoms. The van der Waals surface area contributed by atoms with Crippen LogP contribution in [-0.4, -0.2) is 22.9 Å². The Labute approximate surface area is 87.4 Å². The molecule has 0 radical (unpaired) electrons. The lowest BCUT2D eigenvalue weighted by atomic mass is 10.1. The first-order valence-electron chi connectivity index (χ1n) is 5.47. The molecule has 0 spiro atoms. The highest BCUT2D eigenvalue weighted by Crippen LogP contribution is 2.19. The van der Waals surface area contributed by atoms with Gasteiger partial charge in [-0.3, -0.25) is 9.89 Å². The van der Waals surface area contributed by atoms with E-state index in [2.05, 4.69) is 10.4 Å². The molecule has 5 heteroatoms. The summed E-state index contributed by atoms with van der Waals surface area (Å²) < 4.78 is 7.02. The minimum absolute atomic E-state index is 0.120. The van der Waals surface area contributed by atoms with E-state index in [1.54, 1.807) is 4.68 Å². The average Bonchev–Trinajstić information content (AvgIpc) is 2.83. The molecule has 0 aliphatic carbocycles. The van der Waals surface area contributed by atoms with Crippen LogP contribution >= 0.6 is 0 Å². The molecule has 0 saturated carbocycles. The van der Waals surface area contributed by atoms with Crippen molar-refractivity contribution < 1.29 is 4.74 Å². The monoisotopic (exact) mass is 209 g/mol. The zero-order chi connectivity index (χ0) is 10.3. The maximum Gasteiger partial charge on any atom is 0.272 e. The smallest absolute Gasteiger partial charge is 0.272 e. The first kappa shape index (κ1) is 9.18. The van der Waals surface area contributed by atoms with Crippen LogP contribution in [-0.2, 0) is 18.0 Å². The fourth-order valence-corrected chi connectivity index (χ4v) is 2.38. The van der Waals surface area contributed by atoms with Gasteiger partial charge in [-0.25, -0.2) is 4.68 Å². The van der Waals surface area contributed by atoms with Crippen molar-refractivity contribution in [3.8, 4) is 0 Å². The average molecular weight is 209 g/mol. The second kappa shape index (κ2) is 3.50. The van der Waals surface area contributed by atoms with Gasteiger partial charge in [0.05, 0.1) is 30.5 Å². The van der Waals surface area contributed by atoms with E-state index in [9.17, 15) is 4.79 Å². The van der Waals surface area contributed by atoms with E-state index in [1.165, 1.54) is 0 Å². The third kappa shape index (κ3) is 1.42. The number of nitrogens with one attached hydrogen (secondary N) is 2. The lowest BCUT2D eigenvalue weighted by molar-refractivity contribution is 0.129. The van der Waals surface area contributed by atoms with Crippen molar-refractivity contribution in [2.45, 2.75) is 32.1 Å². The molecule has 2 N–H and O–H groups in total. The molecule has 15 heavy (non-hydrogen) atoms. The number of ether oxygens (including phenoxy) is 1. The topological polar surface area (TPSA) is 59.0 Å². The van der Waals surface area contributed by atoms with E-state index in [0.717, 1.165) is 37.2 Å². The van der Waals surface area contributed by atoms with Gasteiger partial charge in [-0.1, -0.05) is 0 Å². The molecule has 1 aromatic heterocycles. The molecule has 5 nitrogen and oxygen atoms in total. The second-order valence-corrected chi connectivity index (χ2v) is 4.22. The van der Waals surface area contributed by atoms with Crippen LogP contribution in [0.4, 0.5) is 0 Å². The molecule has 2 aliphatic rings. The van der Waals surface area contributed by atoms with Gasteiger partial charge in [0.1, 0.15) is 0 Å². The van der Waals surface area contributed by atoms with Crippen molar-refractivity contribution in [3.05, 3.63) is 21.6 Å². The van der Waals surface area contributed by atoms with Crippen LogP contribution < -0.4 is 10.9 Å². The largest absolute Gasteiger partial charge is 0.370 e. The minimum atomic E-state index is 0.120. The number of aromatic nitrogens is 2. The van der Waals surface area contributed by atoms with E-state index in [-0.39, 0.29) is 5.56 Å². The maximum atomic E-state index is 12.0. The standard InChI is InChI=1S/C10H15N3O2/c14-10-8-5-15-6-9(8)12-13(10)7-1-3-11-4-2-7/h7,11-12H,1-6H2. The highest BCUT2D eigenvalue weighted by molar-refractivity contribution is 5.19. The van der Waals surface area contributed by atoms with Crippen molar-refractivity contribution >= 4 is 0 Å². The summed E-state index contributed by atoms with van der Waals surface area (Å²) in [4.78, 5) is 12.0. The number of nitrogens with zero attached hydrogens (tertiary/aromatic N) is 1. The summed E-state index contributed by atoms with van der Waals surface area (Å²) in [5.74, 6) is 0. The third-order valence-corrected chi connectivity index (χ3v) is 3.26. The molecule has 3 heterocycles. The van der Waals surface area contributed by atoms with Crippen LogP contribution in [0.5, 0.6) is 0 Å².